The maximum Gasteiger partial charge on any atom is 0.245 e. The molecule has 0 atom stereocenters. The third-order valence-electron chi connectivity index (χ3n) is 3.55. The van der Waals surface area contributed by atoms with E-state index >= 15 is 0 Å². The van der Waals surface area contributed by atoms with Gasteiger partial charge in [-0.2, -0.15) is 0 Å². The van der Waals surface area contributed by atoms with Gasteiger partial charge in [-0.3, -0.25) is 9.10 Å². The molecule has 0 bridgehead atoms. The van der Waals surface area contributed by atoms with Crippen LogP contribution >= 0.6 is 0 Å². The summed E-state index contributed by atoms with van der Waals surface area (Å²) in [5, 5.41) is 2.57. The molecule has 0 aliphatic rings. The van der Waals surface area contributed by atoms with Crippen molar-refractivity contribution in [1.82, 2.24) is 0 Å². The summed E-state index contributed by atoms with van der Waals surface area (Å²) < 4.78 is 51.1. The highest BCUT2D eigenvalue weighted by atomic mass is 32.2. The molecule has 0 saturated carbocycles. The minimum absolute atomic E-state index is 0.135. The van der Waals surface area contributed by atoms with Crippen molar-refractivity contribution >= 4 is 33.0 Å². The van der Waals surface area contributed by atoms with Crippen molar-refractivity contribution in [2.45, 2.75) is 0 Å². The van der Waals surface area contributed by atoms with E-state index in [4.69, 9.17) is 0 Å². The second kappa shape index (κ2) is 7.69. The lowest BCUT2D eigenvalue weighted by atomic mass is 10.2. The summed E-state index contributed by atoms with van der Waals surface area (Å²) in [6.45, 7) is -0.570. The number of sulfonamides is 1. The van der Waals surface area contributed by atoms with Gasteiger partial charge in [0.15, 0.2) is 11.6 Å². The third kappa shape index (κ3) is 4.92. The second-order valence-electron chi connectivity index (χ2n) is 5.86. The van der Waals surface area contributed by atoms with Crippen LogP contribution in [0.4, 0.5) is 25.8 Å². The number of hydrogen-bond donors (Lipinski definition) is 1. The molecule has 0 saturated heterocycles. The van der Waals surface area contributed by atoms with Crippen molar-refractivity contribution in [2.24, 2.45) is 0 Å². The van der Waals surface area contributed by atoms with Gasteiger partial charge in [0.2, 0.25) is 15.9 Å². The zero-order chi connectivity index (χ0) is 19.5. The first-order chi connectivity index (χ1) is 12.1. The number of halogens is 2. The van der Waals surface area contributed by atoms with Gasteiger partial charge in [0, 0.05) is 31.5 Å². The van der Waals surface area contributed by atoms with Crippen LogP contribution < -0.4 is 14.5 Å². The van der Waals surface area contributed by atoms with Crippen LogP contribution in [0.15, 0.2) is 42.5 Å². The number of benzene rings is 2. The van der Waals surface area contributed by atoms with Gasteiger partial charge >= 0.3 is 0 Å². The quantitative estimate of drug-likeness (QED) is 0.832. The SMILES string of the molecule is CN(C)c1ccc(NC(=O)CN(c2ccc(F)c(F)c2)S(C)(=O)=O)cc1. The number of hydrogen-bond acceptors (Lipinski definition) is 4. The van der Waals surface area contributed by atoms with Crippen LogP contribution in [0.1, 0.15) is 0 Å². The lowest BCUT2D eigenvalue weighted by Crippen LogP contribution is -2.37. The Hall–Kier alpha value is -2.68. The van der Waals surface area contributed by atoms with Crippen LogP contribution in [0.2, 0.25) is 0 Å². The van der Waals surface area contributed by atoms with Crippen molar-refractivity contribution in [2.75, 3.05) is 41.4 Å². The summed E-state index contributed by atoms with van der Waals surface area (Å²) in [7, 11) is -0.127. The first-order valence-electron chi connectivity index (χ1n) is 7.58. The van der Waals surface area contributed by atoms with E-state index in [0.29, 0.717) is 9.99 Å². The van der Waals surface area contributed by atoms with Crippen LogP contribution in [-0.4, -0.2) is 41.2 Å². The van der Waals surface area contributed by atoms with Crippen LogP contribution in [-0.2, 0) is 14.8 Å². The maximum atomic E-state index is 13.4. The molecule has 1 amide bonds. The Morgan fingerprint density at radius 1 is 1.00 bits per heavy atom. The van der Waals surface area contributed by atoms with Gasteiger partial charge < -0.3 is 10.2 Å². The summed E-state index contributed by atoms with van der Waals surface area (Å²) >= 11 is 0. The first-order valence-corrected chi connectivity index (χ1v) is 9.43. The predicted molar refractivity (Wildman–Crippen MR) is 97.9 cm³/mol. The van der Waals surface area contributed by atoms with Crippen molar-refractivity contribution < 1.29 is 22.0 Å². The predicted octanol–water partition coefficient (Wildman–Crippen LogP) is 2.44. The Morgan fingerprint density at radius 3 is 2.08 bits per heavy atom. The zero-order valence-electron chi connectivity index (χ0n) is 14.5. The minimum Gasteiger partial charge on any atom is -0.378 e. The van der Waals surface area contributed by atoms with Gasteiger partial charge in [-0.15, -0.1) is 0 Å². The van der Waals surface area contributed by atoms with E-state index in [1.165, 1.54) is 0 Å². The molecule has 0 radical (unpaired) electrons. The van der Waals surface area contributed by atoms with Crippen molar-refractivity contribution in [3.63, 3.8) is 0 Å². The molecular formula is C17H19F2N3O3S. The number of carbonyl (C=O) groups excluding carboxylic acids is 1. The lowest BCUT2D eigenvalue weighted by Gasteiger charge is -2.22. The lowest BCUT2D eigenvalue weighted by molar-refractivity contribution is -0.114. The number of nitrogens with one attached hydrogen (secondary N) is 1. The molecule has 0 aliphatic heterocycles. The van der Waals surface area contributed by atoms with E-state index < -0.39 is 34.1 Å². The number of nitrogens with zero attached hydrogens (tertiary/aromatic N) is 2. The molecular weight excluding hydrogens is 364 g/mol. The van der Waals surface area contributed by atoms with E-state index in [2.05, 4.69) is 5.32 Å². The third-order valence-corrected chi connectivity index (χ3v) is 4.69. The van der Waals surface area contributed by atoms with Crippen LogP contribution in [0.3, 0.4) is 0 Å². The summed E-state index contributed by atoms with van der Waals surface area (Å²) in [5.41, 5.74) is 1.28. The Morgan fingerprint density at radius 2 is 1.58 bits per heavy atom. The van der Waals surface area contributed by atoms with Crippen LogP contribution in [0.25, 0.3) is 0 Å². The Balaban J connectivity index is 2.17. The largest absolute Gasteiger partial charge is 0.378 e. The Labute approximate surface area is 151 Å². The highest BCUT2D eigenvalue weighted by Gasteiger charge is 2.22. The topological polar surface area (TPSA) is 69.7 Å². The smallest absolute Gasteiger partial charge is 0.245 e. The normalized spacial score (nSPS) is 11.1. The summed E-state index contributed by atoms with van der Waals surface area (Å²) in [6.07, 6.45) is 0.882. The molecule has 0 aliphatic carbocycles. The van der Waals surface area contributed by atoms with E-state index in [9.17, 15) is 22.0 Å². The summed E-state index contributed by atoms with van der Waals surface area (Å²) in [5.74, 6) is -2.92. The van der Waals surface area contributed by atoms with Gasteiger partial charge in [-0.1, -0.05) is 0 Å². The average Bonchev–Trinajstić information content (AvgIpc) is 2.55. The number of carbonyl (C=O) groups is 1. The van der Waals surface area contributed by atoms with Crippen molar-refractivity contribution in [1.29, 1.82) is 0 Å². The molecule has 6 nitrogen and oxygen atoms in total. The molecule has 1 N–H and O–H groups in total. The number of anilines is 3. The zero-order valence-corrected chi connectivity index (χ0v) is 15.3. The van der Waals surface area contributed by atoms with E-state index in [-0.39, 0.29) is 5.69 Å². The fourth-order valence-corrected chi connectivity index (χ4v) is 3.06. The van der Waals surface area contributed by atoms with Gasteiger partial charge in [0.1, 0.15) is 6.54 Å². The fraction of sp³-hybridized carbons (Fsp3) is 0.235. The number of amides is 1. The molecule has 0 unspecified atom stereocenters. The fourth-order valence-electron chi connectivity index (χ4n) is 2.21. The summed E-state index contributed by atoms with van der Waals surface area (Å²) in [4.78, 5) is 14.1. The average molecular weight is 383 g/mol. The van der Waals surface area contributed by atoms with E-state index in [0.717, 1.165) is 30.1 Å². The molecule has 9 heteroatoms. The van der Waals surface area contributed by atoms with Crippen LogP contribution in [0.5, 0.6) is 0 Å². The van der Waals surface area contributed by atoms with Crippen molar-refractivity contribution in [3.8, 4) is 0 Å². The van der Waals surface area contributed by atoms with Gasteiger partial charge in [-0.25, -0.2) is 17.2 Å². The molecule has 2 aromatic rings. The van der Waals surface area contributed by atoms with E-state index in [1.807, 2.05) is 19.0 Å². The molecule has 2 aromatic carbocycles. The molecule has 2 rings (SSSR count). The van der Waals surface area contributed by atoms with Crippen LogP contribution in [0, 0.1) is 11.6 Å². The standard InChI is InChI=1S/C17H19F2N3O3S/c1-21(2)13-6-4-12(5-7-13)20-17(23)11-22(26(3,24)25)14-8-9-15(18)16(19)10-14/h4-10H,11H2,1-3H3,(H,20,23). The van der Waals surface area contributed by atoms with Crippen molar-refractivity contribution in [3.05, 3.63) is 54.1 Å². The minimum atomic E-state index is -3.88. The molecule has 26 heavy (non-hydrogen) atoms. The molecule has 140 valence electrons. The highest BCUT2D eigenvalue weighted by Crippen LogP contribution is 2.21. The van der Waals surface area contributed by atoms with Gasteiger partial charge in [0.25, 0.3) is 0 Å². The summed E-state index contributed by atoms with van der Waals surface area (Å²) in [6, 6.07) is 9.57. The molecule has 0 heterocycles. The molecule has 0 aromatic heterocycles. The van der Waals surface area contributed by atoms with Gasteiger partial charge in [0.05, 0.1) is 11.9 Å². The van der Waals surface area contributed by atoms with E-state index in [1.54, 1.807) is 24.3 Å². The molecule has 0 spiro atoms. The second-order valence-corrected chi connectivity index (χ2v) is 7.76. The highest BCUT2D eigenvalue weighted by molar-refractivity contribution is 7.92. The molecule has 0 fully saturated rings. The Bertz CT molecular complexity index is 900. The monoisotopic (exact) mass is 383 g/mol. The Kier molecular flexibility index (Phi) is 5.81. The first kappa shape index (κ1) is 19.6. The number of rotatable bonds is 6. The maximum absolute atomic E-state index is 13.4. The van der Waals surface area contributed by atoms with Gasteiger partial charge in [-0.05, 0) is 36.4 Å².